The fourth-order valence-corrected chi connectivity index (χ4v) is 3.42. The van der Waals surface area contributed by atoms with Crippen molar-refractivity contribution in [2.75, 3.05) is 7.05 Å². The first kappa shape index (κ1) is 16.4. The number of carbonyl (C=O) groups is 1. The zero-order valence-electron chi connectivity index (χ0n) is 14.0. The molecule has 26 heavy (non-hydrogen) atoms. The number of amides is 1. The molecule has 3 heterocycles. The van der Waals surface area contributed by atoms with Gasteiger partial charge in [-0.15, -0.1) is 21.5 Å². The summed E-state index contributed by atoms with van der Waals surface area (Å²) in [4.78, 5) is 19.5. The number of rotatable bonds is 4. The number of halogens is 1. The van der Waals surface area contributed by atoms with E-state index in [1.807, 2.05) is 0 Å². The molecule has 132 valence electrons. The van der Waals surface area contributed by atoms with Crippen LogP contribution < -0.4 is 0 Å². The molecule has 7 nitrogen and oxygen atoms in total. The van der Waals surface area contributed by atoms with Crippen molar-refractivity contribution >= 4 is 22.2 Å². The molecule has 0 spiro atoms. The first-order valence-corrected chi connectivity index (χ1v) is 8.66. The monoisotopic (exact) mass is 371 g/mol. The molecule has 0 aliphatic rings. The van der Waals surface area contributed by atoms with Crippen LogP contribution in [-0.2, 0) is 6.54 Å². The Morgan fingerprint density at radius 2 is 2.08 bits per heavy atom. The quantitative estimate of drug-likeness (QED) is 0.551. The number of benzene rings is 1. The fraction of sp³-hybridized carbons (Fsp3) is 0.176. The van der Waals surface area contributed by atoms with Crippen LogP contribution in [0.3, 0.4) is 0 Å². The minimum absolute atomic E-state index is 0.185. The van der Waals surface area contributed by atoms with Crippen LogP contribution in [-0.4, -0.2) is 37.4 Å². The van der Waals surface area contributed by atoms with E-state index < -0.39 is 0 Å². The van der Waals surface area contributed by atoms with Crippen molar-refractivity contribution < 1.29 is 13.6 Å². The van der Waals surface area contributed by atoms with Crippen LogP contribution >= 0.6 is 11.3 Å². The molecule has 0 atom stereocenters. The molecule has 4 aromatic rings. The molecule has 0 aliphatic carbocycles. The molecular weight excluding hydrogens is 357 g/mol. The molecular formula is C17H14FN5O2S. The summed E-state index contributed by atoms with van der Waals surface area (Å²) in [6.45, 7) is 1.92. The van der Waals surface area contributed by atoms with E-state index in [2.05, 4.69) is 15.2 Å². The highest BCUT2D eigenvalue weighted by atomic mass is 32.1. The van der Waals surface area contributed by atoms with E-state index in [9.17, 15) is 9.18 Å². The Morgan fingerprint density at radius 1 is 1.31 bits per heavy atom. The number of aryl methyl sites for hydroxylation is 1. The van der Waals surface area contributed by atoms with Crippen molar-refractivity contribution in [3.63, 3.8) is 0 Å². The Morgan fingerprint density at radius 3 is 2.77 bits per heavy atom. The molecule has 0 bridgehead atoms. The zero-order valence-corrected chi connectivity index (χ0v) is 14.8. The average Bonchev–Trinajstić information content (AvgIpc) is 3.30. The van der Waals surface area contributed by atoms with Crippen molar-refractivity contribution in [2.45, 2.75) is 13.5 Å². The summed E-state index contributed by atoms with van der Waals surface area (Å²) in [5, 5.41) is 9.42. The van der Waals surface area contributed by atoms with Gasteiger partial charge in [0.15, 0.2) is 4.96 Å². The largest absolute Gasteiger partial charge is 0.424 e. The van der Waals surface area contributed by atoms with Crippen LogP contribution in [0.4, 0.5) is 4.39 Å². The molecule has 0 saturated carbocycles. The van der Waals surface area contributed by atoms with E-state index >= 15 is 0 Å². The van der Waals surface area contributed by atoms with Gasteiger partial charge < -0.3 is 9.32 Å². The summed E-state index contributed by atoms with van der Waals surface area (Å²) in [7, 11) is 1.67. The summed E-state index contributed by atoms with van der Waals surface area (Å²) in [5.74, 6) is 0.346. The number of carbonyl (C=O) groups excluding carboxylic acids is 1. The Balaban J connectivity index is 1.61. The topological polar surface area (TPSA) is 76.5 Å². The van der Waals surface area contributed by atoms with Crippen molar-refractivity contribution in [2.24, 2.45) is 0 Å². The van der Waals surface area contributed by atoms with Gasteiger partial charge in [-0.25, -0.2) is 9.37 Å². The third-order valence-electron chi connectivity index (χ3n) is 3.86. The molecule has 4 rings (SSSR count). The number of imidazole rings is 1. The summed E-state index contributed by atoms with van der Waals surface area (Å²) >= 11 is 1.37. The maximum atomic E-state index is 13.1. The molecule has 9 heteroatoms. The number of nitrogens with zero attached hydrogens (tertiary/aromatic N) is 5. The normalized spacial score (nSPS) is 11.2. The number of hydrogen-bond donors (Lipinski definition) is 0. The molecule has 0 saturated heterocycles. The van der Waals surface area contributed by atoms with Crippen LogP contribution in [0.25, 0.3) is 16.2 Å². The smallest absolute Gasteiger partial charge is 0.271 e. The van der Waals surface area contributed by atoms with Crippen molar-refractivity contribution in [3.8, 4) is 11.3 Å². The molecule has 0 fully saturated rings. The first-order valence-electron chi connectivity index (χ1n) is 7.78. The second kappa shape index (κ2) is 6.34. The molecule has 1 amide bonds. The van der Waals surface area contributed by atoms with E-state index in [1.165, 1.54) is 28.4 Å². The van der Waals surface area contributed by atoms with Gasteiger partial charge in [0.05, 0.1) is 12.2 Å². The van der Waals surface area contributed by atoms with Crippen LogP contribution in [0.2, 0.25) is 0 Å². The maximum absolute atomic E-state index is 13.1. The lowest BCUT2D eigenvalue weighted by Gasteiger charge is -2.13. The minimum Gasteiger partial charge on any atom is -0.424 e. The Kier molecular flexibility index (Phi) is 4.00. The summed E-state index contributed by atoms with van der Waals surface area (Å²) in [6.07, 6.45) is 1.77. The lowest BCUT2D eigenvalue weighted by Crippen LogP contribution is -2.27. The predicted molar refractivity (Wildman–Crippen MR) is 93.3 cm³/mol. The number of thiazole rings is 1. The standard InChI is InChI=1S/C17H14FN5O2S/c1-10-20-21-15(25-10)8-22(2)16(24)14-9-26-17-19-13(7-23(14)17)11-3-5-12(18)6-4-11/h3-7,9H,8H2,1-2H3. The van der Waals surface area contributed by atoms with E-state index in [1.54, 1.807) is 42.1 Å². The minimum atomic E-state index is -0.302. The van der Waals surface area contributed by atoms with Gasteiger partial charge in [-0.05, 0) is 24.3 Å². The molecule has 0 aliphatic heterocycles. The highest BCUT2D eigenvalue weighted by Crippen LogP contribution is 2.24. The van der Waals surface area contributed by atoms with E-state index in [-0.39, 0.29) is 18.3 Å². The van der Waals surface area contributed by atoms with Gasteiger partial charge in [-0.1, -0.05) is 0 Å². The Labute approximate surface area is 151 Å². The van der Waals surface area contributed by atoms with Crippen LogP contribution in [0, 0.1) is 12.7 Å². The van der Waals surface area contributed by atoms with Crippen molar-refractivity contribution in [1.82, 2.24) is 24.5 Å². The van der Waals surface area contributed by atoms with Crippen molar-refractivity contribution in [1.29, 1.82) is 0 Å². The van der Waals surface area contributed by atoms with Gasteiger partial charge in [0, 0.05) is 31.1 Å². The van der Waals surface area contributed by atoms with Gasteiger partial charge >= 0.3 is 0 Å². The second-order valence-electron chi connectivity index (χ2n) is 5.78. The van der Waals surface area contributed by atoms with Gasteiger partial charge in [0.25, 0.3) is 5.91 Å². The second-order valence-corrected chi connectivity index (χ2v) is 6.62. The first-order chi connectivity index (χ1) is 12.5. The number of hydrogen-bond acceptors (Lipinski definition) is 6. The van der Waals surface area contributed by atoms with Gasteiger partial charge in [-0.2, -0.15) is 0 Å². The van der Waals surface area contributed by atoms with E-state index in [0.29, 0.717) is 28.1 Å². The van der Waals surface area contributed by atoms with Crippen LogP contribution in [0.1, 0.15) is 22.3 Å². The molecule has 0 N–H and O–H groups in total. The summed E-state index contributed by atoms with van der Waals surface area (Å²) < 4.78 is 20.2. The molecule has 3 aromatic heterocycles. The summed E-state index contributed by atoms with van der Waals surface area (Å²) in [6, 6.07) is 6.09. The molecule has 1 aromatic carbocycles. The molecule has 0 radical (unpaired) electrons. The zero-order chi connectivity index (χ0) is 18.3. The molecule has 0 unspecified atom stereocenters. The van der Waals surface area contributed by atoms with E-state index in [0.717, 1.165) is 5.56 Å². The van der Waals surface area contributed by atoms with Gasteiger partial charge in [0.1, 0.15) is 11.5 Å². The Hall–Kier alpha value is -3.07. The highest BCUT2D eigenvalue weighted by molar-refractivity contribution is 7.15. The Bertz CT molecular complexity index is 1080. The van der Waals surface area contributed by atoms with Crippen LogP contribution in [0.5, 0.6) is 0 Å². The maximum Gasteiger partial charge on any atom is 0.271 e. The number of aromatic nitrogens is 4. The fourth-order valence-electron chi connectivity index (χ4n) is 2.57. The lowest BCUT2D eigenvalue weighted by atomic mass is 10.2. The third kappa shape index (κ3) is 2.97. The van der Waals surface area contributed by atoms with Gasteiger partial charge in [-0.3, -0.25) is 9.20 Å². The average molecular weight is 371 g/mol. The van der Waals surface area contributed by atoms with Crippen molar-refractivity contribution in [3.05, 3.63) is 59.1 Å². The summed E-state index contributed by atoms with van der Waals surface area (Å²) in [5.41, 5.74) is 1.96. The predicted octanol–water partition coefficient (Wildman–Crippen LogP) is 3.17. The van der Waals surface area contributed by atoms with E-state index in [4.69, 9.17) is 4.42 Å². The number of fused-ring (bicyclic) bond motifs is 1. The highest BCUT2D eigenvalue weighted by Gasteiger charge is 2.20. The van der Waals surface area contributed by atoms with Crippen LogP contribution in [0.15, 0.2) is 40.3 Å². The lowest BCUT2D eigenvalue weighted by molar-refractivity contribution is 0.0766. The SMILES string of the molecule is Cc1nnc(CN(C)C(=O)c2csc3nc(-c4ccc(F)cc4)cn23)o1. The third-order valence-corrected chi connectivity index (χ3v) is 4.70. The van der Waals surface area contributed by atoms with Gasteiger partial charge in [0.2, 0.25) is 11.8 Å².